The van der Waals surface area contributed by atoms with Gasteiger partial charge in [0.1, 0.15) is 0 Å². The average molecular weight is 260 g/mol. The van der Waals surface area contributed by atoms with Crippen LogP contribution < -0.4 is 5.32 Å². The van der Waals surface area contributed by atoms with Crippen LogP contribution in [0.2, 0.25) is 0 Å². The summed E-state index contributed by atoms with van der Waals surface area (Å²) in [5.74, 6) is 0.933. The summed E-state index contributed by atoms with van der Waals surface area (Å²) in [6, 6.07) is 9.01. The van der Waals surface area contributed by atoms with Crippen LogP contribution in [0, 0.1) is 5.92 Å². The van der Waals surface area contributed by atoms with Crippen LogP contribution in [0.15, 0.2) is 24.3 Å². The van der Waals surface area contributed by atoms with Crippen molar-refractivity contribution in [2.24, 2.45) is 5.92 Å². The lowest BCUT2D eigenvalue weighted by Gasteiger charge is -2.27. The zero-order valence-electron chi connectivity index (χ0n) is 12.5. The summed E-state index contributed by atoms with van der Waals surface area (Å²) in [6.45, 7) is 3.30. The number of benzene rings is 1. The molecule has 2 heteroatoms. The third kappa shape index (κ3) is 4.96. The molecule has 1 aromatic carbocycles. The van der Waals surface area contributed by atoms with Gasteiger partial charge in [0.2, 0.25) is 0 Å². The molecule has 0 aromatic heterocycles. The first kappa shape index (κ1) is 14.5. The Labute approximate surface area is 118 Å². The number of nitrogens with zero attached hydrogens (tertiary/aromatic N) is 1. The van der Waals surface area contributed by atoms with Gasteiger partial charge in [-0.2, -0.15) is 0 Å². The lowest BCUT2D eigenvalue weighted by molar-refractivity contribution is 0.228. The van der Waals surface area contributed by atoms with Gasteiger partial charge in [0.15, 0.2) is 0 Å². The minimum atomic E-state index is 0.933. The van der Waals surface area contributed by atoms with Crippen LogP contribution in [0.5, 0.6) is 0 Å². The Morgan fingerprint density at radius 3 is 2.32 bits per heavy atom. The maximum absolute atomic E-state index is 3.19. The number of nitrogens with one attached hydrogen (secondary N) is 1. The number of rotatable bonds is 6. The monoisotopic (exact) mass is 260 g/mol. The summed E-state index contributed by atoms with van der Waals surface area (Å²) in [6.07, 6.45) is 7.21. The molecule has 1 aliphatic carbocycles. The molecule has 1 N–H and O–H groups in total. The number of hydrogen-bond donors (Lipinski definition) is 1. The fourth-order valence-electron chi connectivity index (χ4n) is 3.15. The van der Waals surface area contributed by atoms with Crippen molar-refractivity contribution in [3.05, 3.63) is 35.4 Å². The van der Waals surface area contributed by atoms with Crippen molar-refractivity contribution in [1.82, 2.24) is 10.2 Å². The van der Waals surface area contributed by atoms with Crippen LogP contribution >= 0.6 is 0 Å². The Morgan fingerprint density at radius 2 is 1.68 bits per heavy atom. The van der Waals surface area contributed by atoms with E-state index in [0.29, 0.717) is 0 Å². The van der Waals surface area contributed by atoms with Gasteiger partial charge in [0.25, 0.3) is 0 Å². The second kappa shape index (κ2) is 7.66. The molecule has 0 heterocycles. The molecule has 19 heavy (non-hydrogen) atoms. The van der Waals surface area contributed by atoms with E-state index in [9.17, 15) is 0 Å². The van der Waals surface area contributed by atoms with Gasteiger partial charge in [-0.3, -0.25) is 0 Å². The lowest BCUT2D eigenvalue weighted by atomic mass is 9.89. The summed E-state index contributed by atoms with van der Waals surface area (Å²) in [4.78, 5) is 2.49. The van der Waals surface area contributed by atoms with Crippen molar-refractivity contribution >= 4 is 0 Å². The Morgan fingerprint density at radius 1 is 1.05 bits per heavy atom. The maximum Gasteiger partial charge on any atom is 0.0230 e. The van der Waals surface area contributed by atoms with Gasteiger partial charge in [0, 0.05) is 19.6 Å². The van der Waals surface area contributed by atoms with Crippen LogP contribution in [0.1, 0.15) is 43.2 Å². The van der Waals surface area contributed by atoms with E-state index in [0.717, 1.165) is 19.0 Å². The molecule has 0 saturated heterocycles. The molecule has 0 unspecified atom stereocenters. The molecular weight excluding hydrogens is 232 g/mol. The van der Waals surface area contributed by atoms with Crippen LogP contribution in [-0.2, 0) is 13.1 Å². The zero-order valence-corrected chi connectivity index (χ0v) is 12.5. The highest BCUT2D eigenvalue weighted by Crippen LogP contribution is 2.24. The van der Waals surface area contributed by atoms with Crippen LogP contribution in [0.3, 0.4) is 0 Å². The fraction of sp³-hybridized carbons (Fsp3) is 0.647. The third-order valence-corrected chi connectivity index (χ3v) is 4.15. The Balaban J connectivity index is 1.78. The van der Waals surface area contributed by atoms with E-state index in [-0.39, 0.29) is 0 Å². The quantitative estimate of drug-likeness (QED) is 0.843. The summed E-state index contributed by atoms with van der Waals surface area (Å²) in [5, 5.41) is 3.19. The minimum absolute atomic E-state index is 0.933. The van der Waals surface area contributed by atoms with Gasteiger partial charge in [-0.15, -0.1) is 0 Å². The molecular formula is C17H28N2. The highest BCUT2D eigenvalue weighted by atomic mass is 15.1. The molecule has 1 aromatic rings. The summed E-state index contributed by atoms with van der Waals surface area (Å²) >= 11 is 0. The lowest BCUT2D eigenvalue weighted by Crippen LogP contribution is -2.26. The molecule has 1 saturated carbocycles. The topological polar surface area (TPSA) is 15.3 Å². The van der Waals surface area contributed by atoms with Crippen LogP contribution in [0.4, 0.5) is 0 Å². The SMILES string of the molecule is CNCc1ccc(CN(C)CC2CCCCC2)cc1. The Kier molecular flexibility index (Phi) is 5.87. The Hall–Kier alpha value is -0.860. The first-order valence-electron chi connectivity index (χ1n) is 7.69. The van der Waals surface area contributed by atoms with Gasteiger partial charge in [-0.25, -0.2) is 0 Å². The predicted molar refractivity (Wildman–Crippen MR) is 82.1 cm³/mol. The predicted octanol–water partition coefficient (Wildman–Crippen LogP) is 3.42. The highest BCUT2D eigenvalue weighted by molar-refractivity contribution is 5.22. The van der Waals surface area contributed by atoms with E-state index in [4.69, 9.17) is 0 Å². The molecule has 1 fully saturated rings. The molecule has 1 aliphatic rings. The molecule has 0 radical (unpaired) electrons. The van der Waals surface area contributed by atoms with Crippen LogP contribution in [-0.4, -0.2) is 25.5 Å². The molecule has 0 bridgehead atoms. The van der Waals surface area contributed by atoms with E-state index in [1.807, 2.05) is 7.05 Å². The summed E-state index contributed by atoms with van der Waals surface area (Å²) < 4.78 is 0. The normalized spacial score (nSPS) is 17.0. The molecule has 0 spiro atoms. The minimum Gasteiger partial charge on any atom is -0.316 e. The zero-order chi connectivity index (χ0) is 13.5. The second-order valence-electron chi connectivity index (χ2n) is 6.05. The van der Waals surface area contributed by atoms with Crippen molar-refractivity contribution in [3.63, 3.8) is 0 Å². The maximum atomic E-state index is 3.19. The highest BCUT2D eigenvalue weighted by Gasteiger charge is 2.15. The van der Waals surface area contributed by atoms with Crippen molar-refractivity contribution < 1.29 is 0 Å². The third-order valence-electron chi connectivity index (χ3n) is 4.15. The van der Waals surface area contributed by atoms with E-state index >= 15 is 0 Å². The van der Waals surface area contributed by atoms with E-state index in [1.165, 1.54) is 49.8 Å². The van der Waals surface area contributed by atoms with Gasteiger partial charge in [-0.1, -0.05) is 43.5 Å². The van der Waals surface area contributed by atoms with Crippen molar-refractivity contribution in [2.45, 2.75) is 45.2 Å². The largest absolute Gasteiger partial charge is 0.316 e. The Bertz CT molecular complexity index is 352. The average Bonchev–Trinajstić information content (AvgIpc) is 2.42. The number of hydrogen-bond acceptors (Lipinski definition) is 2. The molecule has 0 atom stereocenters. The standard InChI is InChI=1S/C17H28N2/c1-18-12-15-8-10-17(11-9-15)14-19(2)13-16-6-4-3-5-7-16/h8-11,16,18H,3-7,12-14H2,1-2H3. The van der Waals surface area contributed by atoms with Gasteiger partial charge in [0.05, 0.1) is 0 Å². The van der Waals surface area contributed by atoms with Crippen molar-refractivity contribution in [2.75, 3.05) is 20.6 Å². The smallest absolute Gasteiger partial charge is 0.0230 e. The van der Waals surface area contributed by atoms with E-state index in [2.05, 4.69) is 41.5 Å². The molecule has 0 aliphatic heterocycles. The fourth-order valence-corrected chi connectivity index (χ4v) is 3.15. The molecule has 2 rings (SSSR count). The molecule has 0 amide bonds. The van der Waals surface area contributed by atoms with Gasteiger partial charge < -0.3 is 10.2 Å². The van der Waals surface area contributed by atoms with Crippen molar-refractivity contribution in [3.8, 4) is 0 Å². The van der Waals surface area contributed by atoms with E-state index < -0.39 is 0 Å². The molecule has 2 nitrogen and oxygen atoms in total. The van der Waals surface area contributed by atoms with Gasteiger partial charge in [-0.05, 0) is 44.0 Å². The summed E-state index contributed by atoms with van der Waals surface area (Å²) in [7, 11) is 4.25. The van der Waals surface area contributed by atoms with Gasteiger partial charge >= 0.3 is 0 Å². The van der Waals surface area contributed by atoms with E-state index in [1.54, 1.807) is 0 Å². The first-order chi connectivity index (χ1) is 9.28. The van der Waals surface area contributed by atoms with Crippen molar-refractivity contribution in [1.29, 1.82) is 0 Å². The summed E-state index contributed by atoms with van der Waals surface area (Å²) in [5.41, 5.74) is 2.79. The second-order valence-corrected chi connectivity index (χ2v) is 6.05. The van der Waals surface area contributed by atoms with Crippen LogP contribution in [0.25, 0.3) is 0 Å². The first-order valence-corrected chi connectivity index (χ1v) is 7.69. The molecule has 106 valence electrons.